The van der Waals surface area contributed by atoms with Gasteiger partial charge in [0.25, 0.3) is 5.91 Å². The smallest absolute Gasteiger partial charge is 0.260 e. The van der Waals surface area contributed by atoms with Crippen LogP contribution in [0.15, 0.2) is 30.5 Å². The Bertz CT molecular complexity index is 706. The van der Waals surface area contributed by atoms with E-state index in [0.717, 1.165) is 5.56 Å². The van der Waals surface area contributed by atoms with E-state index >= 15 is 0 Å². The summed E-state index contributed by atoms with van der Waals surface area (Å²) in [6.45, 7) is 7.88. The number of amidine groups is 1. The van der Waals surface area contributed by atoms with Gasteiger partial charge in [0.1, 0.15) is 11.9 Å². The number of benzene rings is 1. The van der Waals surface area contributed by atoms with E-state index in [9.17, 15) is 9.59 Å². The summed E-state index contributed by atoms with van der Waals surface area (Å²) in [5.41, 5.74) is 2.87. The third-order valence-electron chi connectivity index (χ3n) is 4.29. The van der Waals surface area contributed by atoms with Crippen LogP contribution < -0.4 is 5.32 Å². The van der Waals surface area contributed by atoms with Gasteiger partial charge >= 0.3 is 0 Å². The van der Waals surface area contributed by atoms with Crippen molar-refractivity contribution in [1.82, 2.24) is 10.2 Å². The number of hydrogen-bond acceptors (Lipinski definition) is 3. The zero-order chi connectivity index (χ0) is 16.0. The molecule has 5 nitrogen and oxygen atoms in total. The molecule has 0 aliphatic carbocycles. The highest BCUT2D eigenvalue weighted by Crippen LogP contribution is 2.30. The molecule has 2 aliphatic rings. The molecule has 2 heterocycles. The summed E-state index contributed by atoms with van der Waals surface area (Å²) >= 11 is 0. The van der Waals surface area contributed by atoms with Gasteiger partial charge < -0.3 is 5.32 Å². The molecule has 0 spiro atoms. The Balaban J connectivity index is 1.96. The summed E-state index contributed by atoms with van der Waals surface area (Å²) in [6, 6.07) is 4.95. The number of carbonyl (C=O) groups excluding carboxylic acids is 2. The van der Waals surface area contributed by atoms with Gasteiger partial charge in [0.2, 0.25) is 5.91 Å². The Hall–Kier alpha value is -2.43. The second-order valence-corrected chi connectivity index (χ2v) is 6.13. The lowest BCUT2D eigenvalue weighted by molar-refractivity contribution is -0.125. The minimum absolute atomic E-state index is 0.121. The number of hydrogen-bond donors (Lipinski definition) is 2. The number of allylic oxidation sites excluding steroid dienone is 1. The fourth-order valence-corrected chi connectivity index (χ4v) is 2.97. The summed E-state index contributed by atoms with van der Waals surface area (Å²) in [7, 11) is 0. The largest absolute Gasteiger partial charge is 0.329 e. The van der Waals surface area contributed by atoms with E-state index in [-0.39, 0.29) is 17.6 Å². The standard InChI is InChI=1S/C17H19N3O2/c1-9(2)11-5-6-12-13(8-11)15(18)20(17(12)22)14-7-4-10(3)19-16(14)21/h5-6,8-9,14,18H,3-4,7H2,1-2H3,(H,19,21)/t14-/m0/s1. The fourth-order valence-electron chi connectivity index (χ4n) is 2.97. The van der Waals surface area contributed by atoms with Crippen LogP contribution in [0.4, 0.5) is 0 Å². The number of amides is 2. The molecule has 0 saturated carbocycles. The Morgan fingerprint density at radius 1 is 1.32 bits per heavy atom. The quantitative estimate of drug-likeness (QED) is 0.879. The Kier molecular flexibility index (Phi) is 3.35. The van der Waals surface area contributed by atoms with Crippen molar-refractivity contribution < 1.29 is 9.59 Å². The van der Waals surface area contributed by atoms with Crippen LogP contribution in [0.5, 0.6) is 0 Å². The van der Waals surface area contributed by atoms with Crippen molar-refractivity contribution in [2.45, 2.75) is 38.6 Å². The molecule has 2 N–H and O–H groups in total. The van der Waals surface area contributed by atoms with E-state index in [0.29, 0.717) is 35.6 Å². The summed E-state index contributed by atoms with van der Waals surface area (Å²) in [6.07, 6.45) is 1.13. The lowest BCUT2D eigenvalue weighted by Gasteiger charge is -2.30. The van der Waals surface area contributed by atoms with Crippen molar-refractivity contribution in [3.8, 4) is 0 Å². The first-order chi connectivity index (χ1) is 10.4. The molecule has 114 valence electrons. The molecule has 1 aromatic carbocycles. The van der Waals surface area contributed by atoms with Crippen molar-refractivity contribution in [1.29, 1.82) is 5.41 Å². The van der Waals surface area contributed by atoms with Gasteiger partial charge in [-0.15, -0.1) is 0 Å². The molecular formula is C17H19N3O2. The minimum Gasteiger partial charge on any atom is -0.329 e. The fraction of sp³-hybridized carbons (Fsp3) is 0.353. The molecule has 1 atom stereocenters. The predicted molar refractivity (Wildman–Crippen MR) is 83.8 cm³/mol. The van der Waals surface area contributed by atoms with Gasteiger partial charge in [0, 0.05) is 11.3 Å². The van der Waals surface area contributed by atoms with E-state index in [4.69, 9.17) is 5.41 Å². The molecule has 2 aliphatic heterocycles. The third-order valence-corrected chi connectivity index (χ3v) is 4.29. The molecule has 0 radical (unpaired) electrons. The number of fused-ring (bicyclic) bond motifs is 1. The second kappa shape index (κ2) is 5.09. The molecule has 1 aromatic rings. The third kappa shape index (κ3) is 2.13. The van der Waals surface area contributed by atoms with E-state index in [1.54, 1.807) is 6.07 Å². The molecule has 1 fully saturated rings. The van der Waals surface area contributed by atoms with Gasteiger partial charge in [0.05, 0.1) is 5.56 Å². The van der Waals surface area contributed by atoms with Crippen LogP contribution in [0, 0.1) is 5.41 Å². The molecule has 2 amide bonds. The summed E-state index contributed by atoms with van der Waals surface area (Å²) in [5.74, 6) is -0.0760. The Morgan fingerprint density at radius 2 is 2.05 bits per heavy atom. The lowest BCUT2D eigenvalue weighted by atomic mass is 9.98. The first-order valence-corrected chi connectivity index (χ1v) is 7.45. The summed E-state index contributed by atoms with van der Waals surface area (Å²) in [5, 5.41) is 11.0. The van der Waals surface area contributed by atoms with Crippen molar-refractivity contribution in [2.75, 3.05) is 0 Å². The number of nitrogens with one attached hydrogen (secondary N) is 2. The Morgan fingerprint density at radius 3 is 2.68 bits per heavy atom. The predicted octanol–water partition coefficient (Wildman–Crippen LogP) is 2.38. The van der Waals surface area contributed by atoms with Gasteiger partial charge in [-0.2, -0.15) is 0 Å². The van der Waals surface area contributed by atoms with Crippen LogP contribution in [-0.4, -0.2) is 28.6 Å². The van der Waals surface area contributed by atoms with E-state index in [1.807, 2.05) is 12.1 Å². The van der Waals surface area contributed by atoms with Crippen LogP contribution in [0.2, 0.25) is 0 Å². The van der Waals surface area contributed by atoms with Gasteiger partial charge in [-0.05, 0) is 36.5 Å². The first kappa shape index (κ1) is 14.5. The highest BCUT2D eigenvalue weighted by molar-refractivity contribution is 6.23. The monoisotopic (exact) mass is 297 g/mol. The average Bonchev–Trinajstić information content (AvgIpc) is 2.71. The number of piperidine rings is 1. The van der Waals surface area contributed by atoms with Gasteiger partial charge in [-0.1, -0.05) is 26.5 Å². The summed E-state index contributed by atoms with van der Waals surface area (Å²) in [4.78, 5) is 26.1. The molecule has 0 unspecified atom stereocenters. The summed E-state index contributed by atoms with van der Waals surface area (Å²) < 4.78 is 0. The maximum atomic E-state index is 12.6. The highest BCUT2D eigenvalue weighted by atomic mass is 16.2. The van der Waals surface area contributed by atoms with E-state index < -0.39 is 6.04 Å². The topological polar surface area (TPSA) is 73.3 Å². The Labute approximate surface area is 129 Å². The maximum Gasteiger partial charge on any atom is 0.260 e. The van der Waals surface area contributed by atoms with E-state index in [2.05, 4.69) is 25.7 Å². The molecule has 5 heteroatoms. The van der Waals surface area contributed by atoms with Crippen LogP contribution in [-0.2, 0) is 4.79 Å². The molecule has 1 saturated heterocycles. The van der Waals surface area contributed by atoms with Crippen molar-refractivity contribution >= 4 is 17.6 Å². The van der Waals surface area contributed by atoms with Gasteiger partial charge in [0.15, 0.2) is 0 Å². The minimum atomic E-state index is -0.625. The van der Waals surface area contributed by atoms with Crippen molar-refractivity contribution in [3.63, 3.8) is 0 Å². The van der Waals surface area contributed by atoms with Crippen LogP contribution in [0.25, 0.3) is 0 Å². The lowest BCUT2D eigenvalue weighted by Crippen LogP contribution is -2.51. The zero-order valence-corrected chi connectivity index (χ0v) is 12.8. The average molecular weight is 297 g/mol. The SMILES string of the molecule is C=C1CC[C@H](N2C(=N)c3cc(C(C)C)ccc3C2=O)C(=O)N1. The van der Waals surface area contributed by atoms with Crippen LogP contribution in [0.3, 0.4) is 0 Å². The van der Waals surface area contributed by atoms with Crippen molar-refractivity contribution in [3.05, 3.63) is 47.2 Å². The molecular weight excluding hydrogens is 278 g/mol. The van der Waals surface area contributed by atoms with Gasteiger partial charge in [-0.25, -0.2) is 0 Å². The van der Waals surface area contributed by atoms with Crippen molar-refractivity contribution in [2.24, 2.45) is 0 Å². The van der Waals surface area contributed by atoms with Crippen LogP contribution >= 0.6 is 0 Å². The maximum absolute atomic E-state index is 12.6. The number of nitrogens with zero attached hydrogens (tertiary/aromatic N) is 1. The van der Waals surface area contributed by atoms with E-state index in [1.165, 1.54) is 4.90 Å². The normalized spacial score (nSPS) is 21.4. The van der Waals surface area contributed by atoms with Gasteiger partial charge in [-0.3, -0.25) is 19.9 Å². The van der Waals surface area contributed by atoms with Crippen LogP contribution in [0.1, 0.15) is 54.1 Å². The molecule has 22 heavy (non-hydrogen) atoms. The molecule has 3 rings (SSSR count). The first-order valence-electron chi connectivity index (χ1n) is 7.45. The zero-order valence-electron chi connectivity index (χ0n) is 12.8. The number of carbonyl (C=O) groups is 2. The molecule has 0 bridgehead atoms. The highest BCUT2D eigenvalue weighted by Gasteiger charge is 2.41. The number of rotatable bonds is 2. The second-order valence-electron chi connectivity index (χ2n) is 6.13. The molecule has 0 aromatic heterocycles.